The number of rotatable bonds is 0. The van der Waals surface area contributed by atoms with Crippen molar-refractivity contribution in [2.24, 2.45) is 0 Å². The summed E-state index contributed by atoms with van der Waals surface area (Å²) >= 11 is 1.16. The van der Waals surface area contributed by atoms with Crippen molar-refractivity contribution >= 4 is 31.8 Å². The molecule has 3 radical (unpaired) electrons. The summed E-state index contributed by atoms with van der Waals surface area (Å²) in [6, 6.07) is 8.69. The monoisotopic (exact) mass is 326 g/mol. The first-order valence-corrected chi connectivity index (χ1v) is 5.18. The number of nitrogens with zero attached hydrogens (tertiary/aromatic N) is 1. The number of hydrogen-bond acceptors (Lipinski definition) is 1. The molecule has 1 aliphatic rings. The molecule has 1 aromatic carbocycles. The van der Waals surface area contributed by atoms with E-state index in [1.807, 2.05) is 0 Å². The molecular formula is C8H8NPb. The molecule has 1 aromatic rings. The molecule has 0 amide bonds. The predicted molar refractivity (Wildman–Crippen MR) is 43.2 cm³/mol. The third-order valence-electron chi connectivity index (χ3n) is 1.89. The van der Waals surface area contributed by atoms with E-state index >= 15 is 0 Å². The van der Waals surface area contributed by atoms with E-state index in [0.717, 1.165) is 26.1 Å². The Balaban J connectivity index is 2.51. The Morgan fingerprint density at radius 1 is 1.30 bits per heavy atom. The summed E-state index contributed by atoms with van der Waals surface area (Å²) in [5, 5.41) is 0. The zero-order valence-electron chi connectivity index (χ0n) is 5.67. The van der Waals surface area contributed by atoms with Crippen LogP contribution in [0.15, 0.2) is 24.3 Å². The van der Waals surface area contributed by atoms with Crippen molar-refractivity contribution in [3.8, 4) is 0 Å². The van der Waals surface area contributed by atoms with Crippen LogP contribution < -0.4 is 2.71 Å². The average Bonchev–Trinajstić information content (AvgIpc) is 2.34. The number of hydrogen-bond donors (Lipinski definition) is 0. The molecule has 0 fully saturated rings. The Bertz CT molecular complexity index is 247. The van der Waals surface area contributed by atoms with Gasteiger partial charge in [-0.15, -0.1) is 0 Å². The quantitative estimate of drug-likeness (QED) is 0.647. The molecule has 10 heavy (non-hydrogen) atoms. The minimum atomic E-state index is 1.16. The average molecular weight is 325 g/mol. The third-order valence-corrected chi connectivity index (χ3v) is 3.69. The molecule has 0 bridgehead atoms. The number of fused-ring (bicyclic) bond motifs is 1. The maximum absolute atomic E-state index is 2.44. The van der Waals surface area contributed by atoms with Gasteiger partial charge in [0.05, 0.1) is 0 Å². The van der Waals surface area contributed by atoms with Gasteiger partial charge < -0.3 is 0 Å². The number of para-hydroxylation sites is 1. The first-order valence-electron chi connectivity index (χ1n) is 3.44. The van der Waals surface area contributed by atoms with Gasteiger partial charge in [0.15, 0.2) is 0 Å². The zero-order valence-corrected chi connectivity index (χ0v) is 9.56. The first kappa shape index (κ1) is 6.64. The van der Waals surface area contributed by atoms with Crippen molar-refractivity contribution in [1.82, 2.24) is 0 Å². The van der Waals surface area contributed by atoms with Crippen molar-refractivity contribution in [3.05, 3.63) is 29.8 Å². The summed E-state index contributed by atoms with van der Waals surface area (Å²) in [6.45, 7) is 1.24. The van der Waals surface area contributed by atoms with Gasteiger partial charge in [-0.2, -0.15) is 0 Å². The summed E-state index contributed by atoms with van der Waals surface area (Å²) in [6.07, 6.45) is 1.25. The Morgan fingerprint density at radius 3 is 2.90 bits per heavy atom. The molecule has 0 unspecified atom stereocenters. The van der Waals surface area contributed by atoms with E-state index in [2.05, 4.69) is 27.0 Å². The molecule has 1 aliphatic heterocycles. The summed E-state index contributed by atoms with van der Waals surface area (Å²) < 4.78 is 2.44. The Morgan fingerprint density at radius 2 is 2.10 bits per heavy atom. The van der Waals surface area contributed by atoms with Gasteiger partial charge in [-0.3, -0.25) is 0 Å². The summed E-state index contributed by atoms with van der Waals surface area (Å²) in [7, 11) is 0. The molecule has 0 aliphatic carbocycles. The predicted octanol–water partition coefficient (Wildman–Crippen LogP) is 1.13. The second-order valence-electron chi connectivity index (χ2n) is 2.53. The Labute approximate surface area is 77.1 Å². The summed E-state index contributed by atoms with van der Waals surface area (Å²) in [5.74, 6) is 0. The number of anilines is 1. The third kappa shape index (κ3) is 0.962. The summed E-state index contributed by atoms with van der Waals surface area (Å²) in [5.41, 5.74) is 2.99. The molecule has 1 nitrogen and oxygen atoms in total. The fourth-order valence-corrected chi connectivity index (χ4v) is 2.62. The molecule has 1 heterocycles. The van der Waals surface area contributed by atoms with Gasteiger partial charge in [0.1, 0.15) is 0 Å². The van der Waals surface area contributed by atoms with Crippen molar-refractivity contribution in [3.63, 3.8) is 0 Å². The molecule has 2 heteroatoms. The van der Waals surface area contributed by atoms with Crippen LogP contribution in [0.2, 0.25) is 0 Å². The Hall–Kier alpha value is -0.0579. The van der Waals surface area contributed by atoms with Crippen LogP contribution in [-0.4, -0.2) is 32.6 Å². The van der Waals surface area contributed by atoms with E-state index in [4.69, 9.17) is 0 Å². The van der Waals surface area contributed by atoms with Crippen molar-refractivity contribution < 1.29 is 0 Å². The van der Waals surface area contributed by atoms with Gasteiger partial charge in [-0.05, 0) is 0 Å². The van der Waals surface area contributed by atoms with Crippen LogP contribution in [0.4, 0.5) is 5.69 Å². The van der Waals surface area contributed by atoms with Crippen LogP contribution in [-0.2, 0) is 6.42 Å². The zero-order chi connectivity index (χ0) is 6.97. The first-order chi connectivity index (χ1) is 4.88. The van der Waals surface area contributed by atoms with Crippen molar-refractivity contribution in [2.75, 3.05) is 9.25 Å². The van der Waals surface area contributed by atoms with Crippen LogP contribution in [0.3, 0.4) is 0 Å². The topological polar surface area (TPSA) is 3.24 Å². The van der Waals surface area contributed by atoms with Crippen LogP contribution in [0.25, 0.3) is 0 Å². The van der Waals surface area contributed by atoms with Gasteiger partial charge in [-0.1, -0.05) is 0 Å². The second kappa shape index (κ2) is 2.53. The van der Waals surface area contributed by atoms with E-state index in [-0.39, 0.29) is 0 Å². The SMILES string of the molecule is [Pb][N]1CCc2ccccc21. The van der Waals surface area contributed by atoms with Gasteiger partial charge in [0, 0.05) is 0 Å². The van der Waals surface area contributed by atoms with E-state index in [1.165, 1.54) is 24.2 Å². The fraction of sp³-hybridized carbons (Fsp3) is 0.250. The molecule has 0 saturated heterocycles. The van der Waals surface area contributed by atoms with Crippen LogP contribution in [0, 0.1) is 0 Å². The van der Waals surface area contributed by atoms with Gasteiger partial charge >= 0.3 is 77.3 Å². The molecule has 0 aromatic heterocycles. The Kier molecular flexibility index (Phi) is 1.68. The maximum atomic E-state index is 2.44. The molecule has 0 atom stereocenters. The van der Waals surface area contributed by atoms with E-state index < -0.39 is 0 Å². The van der Waals surface area contributed by atoms with Crippen LogP contribution >= 0.6 is 0 Å². The van der Waals surface area contributed by atoms with Crippen LogP contribution in [0.1, 0.15) is 5.56 Å². The number of benzene rings is 1. The summed E-state index contributed by atoms with van der Waals surface area (Å²) in [4.78, 5) is 0. The van der Waals surface area contributed by atoms with Gasteiger partial charge in [-0.25, -0.2) is 0 Å². The molecule has 49 valence electrons. The van der Waals surface area contributed by atoms with Gasteiger partial charge in [0.25, 0.3) is 0 Å². The molecule has 0 N–H and O–H groups in total. The van der Waals surface area contributed by atoms with Crippen molar-refractivity contribution in [2.45, 2.75) is 6.42 Å². The molecular weight excluding hydrogens is 317 g/mol. The van der Waals surface area contributed by atoms with E-state index in [1.54, 1.807) is 0 Å². The van der Waals surface area contributed by atoms with E-state index in [0.29, 0.717) is 0 Å². The minimum absolute atomic E-state index is 1.16. The second-order valence-corrected chi connectivity index (χ2v) is 4.63. The molecule has 0 spiro atoms. The standard InChI is InChI=1S/C8H8N.Pb/c1-2-4-8-7(3-1)5-6-9-8;/h1-4H,5-6H2;/q-1;+1. The molecule has 2 rings (SSSR count). The molecule has 0 saturated carbocycles. The van der Waals surface area contributed by atoms with Gasteiger partial charge in [0.2, 0.25) is 0 Å². The van der Waals surface area contributed by atoms with Crippen molar-refractivity contribution in [1.29, 1.82) is 0 Å². The van der Waals surface area contributed by atoms with Crippen LogP contribution in [0.5, 0.6) is 0 Å². The normalized spacial score (nSPS) is 15.5. The fourth-order valence-electron chi connectivity index (χ4n) is 1.34. The van der Waals surface area contributed by atoms with E-state index in [9.17, 15) is 0 Å².